The molecule has 2 heterocycles. The number of hydrogen-bond acceptors (Lipinski definition) is 4. The minimum atomic E-state index is 0.121. The number of hydrogen-bond donors (Lipinski definition) is 2. The van der Waals surface area contributed by atoms with E-state index in [1.54, 1.807) is 0 Å². The van der Waals surface area contributed by atoms with Gasteiger partial charge in [-0.3, -0.25) is 0 Å². The predicted octanol–water partition coefficient (Wildman–Crippen LogP) is 2.57. The van der Waals surface area contributed by atoms with Crippen LogP contribution in [0.3, 0.4) is 0 Å². The Morgan fingerprint density at radius 2 is 2.24 bits per heavy atom. The van der Waals surface area contributed by atoms with Crippen LogP contribution in [0.4, 0.5) is 0 Å². The SMILES string of the molecule is N/C=C(\C=C(/N)Cl)OCc1cn2cc(C3CC3)ccc2n1. The van der Waals surface area contributed by atoms with Gasteiger partial charge in [-0.05, 0) is 30.4 Å². The van der Waals surface area contributed by atoms with Crippen molar-refractivity contribution in [1.29, 1.82) is 0 Å². The number of nitrogens with two attached hydrogens (primary N) is 2. The smallest absolute Gasteiger partial charge is 0.138 e. The first kappa shape index (κ1) is 13.8. The summed E-state index contributed by atoms with van der Waals surface area (Å²) >= 11 is 5.59. The molecule has 21 heavy (non-hydrogen) atoms. The lowest BCUT2D eigenvalue weighted by atomic mass is 10.2. The third-order valence-electron chi connectivity index (χ3n) is 3.40. The van der Waals surface area contributed by atoms with Crippen LogP contribution in [0.5, 0.6) is 0 Å². The van der Waals surface area contributed by atoms with Crippen molar-refractivity contribution in [3.63, 3.8) is 0 Å². The van der Waals surface area contributed by atoms with Gasteiger partial charge in [-0.15, -0.1) is 0 Å². The molecule has 0 bridgehead atoms. The number of rotatable bonds is 5. The third kappa shape index (κ3) is 3.31. The van der Waals surface area contributed by atoms with E-state index < -0.39 is 0 Å². The molecule has 0 radical (unpaired) electrons. The summed E-state index contributed by atoms with van der Waals surface area (Å²) in [6.07, 6.45) is 9.45. The molecule has 1 aliphatic rings. The van der Waals surface area contributed by atoms with Crippen molar-refractivity contribution in [2.75, 3.05) is 0 Å². The Morgan fingerprint density at radius 1 is 1.43 bits per heavy atom. The molecule has 1 aliphatic carbocycles. The minimum Gasteiger partial charge on any atom is -0.486 e. The zero-order chi connectivity index (χ0) is 14.8. The Kier molecular flexibility index (Phi) is 3.75. The summed E-state index contributed by atoms with van der Waals surface area (Å²) in [5.41, 5.74) is 13.9. The number of fused-ring (bicyclic) bond motifs is 1. The van der Waals surface area contributed by atoms with Crippen LogP contribution in [0.15, 0.2) is 47.7 Å². The van der Waals surface area contributed by atoms with Crippen molar-refractivity contribution < 1.29 is 4.74 Å². The molecule has 6 heteroatoms. The average molecular weight is 305 g/mol. The number of allylic oxidation sites excluding steroid dienone is 1. The summed E-state index contributed by atoms with van der Waals surface area (Å²) in [5, 5.41) is 0.121. The van der Waals surface area contributed by atoms with E-state index in [1.807, 2.05) is 16.7 Å². The molecule has 0 unspecified atom stereocenters. The largest absolute Gasteiger partial charge is 0.486 e. The molecule has 0 aromatic carbocycles. The normalized spacial score (nSPS) is 16.4. The highest BCUT2D eigenvalue weighted by Gasteiger charge is 2.23. The van der Waals surface area contributed by atoms with Crippen molar-refractivity contribution in [3.05, 3.63) is 59.0 Å². The Balaban J connectivity index is 1.73. The monoisotopic (exact) mass is 304 g/mol. The number of halogens is 1. The van der Waals surface area contributed by atoms with Crippen molar-refractivity contribution in [3.8, 4) is 0 Å². The molecule has 2 aromatic heterocycles. The highest BCUT2D eigenvalue weighted by atomic mass is 35.5. The fraction of sp³-hybridized carbons (Fsp3) is 0.267. The lowest BCUT2D eigenvalue weighted by Crippen LogP contribution is -1.98. The standard InChI is InChI=1S/C15H17ClN4O/c16-14(18)5-13(6-17)21-9-12-8-20-7-11(10-1-2-10)3-4-15(20)19-12/h3-8,10H,1-2,9,17-18H2/b13-6+,14-5-. The highest BCUT2D eigenvalue weighted by Crippen LogP contribution is 2.39. The Hall–Kier alpha value is -2.14. The first-order valence-corrected chi connectivity index (χ1v) is 7.18. The van der Waals surface area contributed by atoms with Crippen molar-refractivity contribution >= 4 is 17.2 Å². The van der Waals surface area contributed by atoms with Crippen LogP contribution in [0.25, 0.3) is 5.65 Å². The summed E-state index contributed by atoms with van der Waals surface area (Å²) in [7, 11) is 0. The van der Waals surface area contributed by atoms with Crippen molar-refractivity contribution in [2.45, 2.75) is 25.4 Å². The van der Waals surface area contributed by atoms with E-state index >= 15 is 0 Å². The maximum absolute atomic E-state index is 5.59. The molecule has 0 spiro atoms. The van der Waals surface area contributed by atoms with Gasteiger partial charge in [0.2, 0.25) is 0 Å². The van der Waals surface area contributed by atoms with Gasteiger partial charge in [0.05, 0.1) is 5.69 Å². The summed E-state index contributed by atoms with van der Waals surface area (Å²) in [6, 6.07) is 4.18. The second-order valence-electron chi connectivity index (χ2n) is 5.12. The van der Waals surface area contributed by atoms with E-state index in [4.69, 9.17) is 27.8 Å². The molecule has 0 aliphatic heterocycles. The van der Waals surface area contributed by atoms with Gasteiger partial charge in [0.1, 0.15) is 23.2 Å². The van der Waals surface area contributed by atoms with Crippen LogP contribution in [0, 0.1) is 0 Å². The molecule has 0 amide bonds. The fourth-order valence-corrected chi connectivity index (χ4v) is 2.33. The van der Waals surface area contributed by atoms with Gasteiger partial charge in [0.25, 0.3) is 0 Å². The molecule has 1 saturated carbocycles. The van der Waals surface area contributed by atoms with Crippen molar-refractivity contribution in [2.24, 2.45) is 11.5 Å². The van der Waals surface area contributed by atoms with Gasteiger partial charge in [-0.1, -0.05) is 17.7 Å². The van der Waals surface area contributed by atoms with Crippen LogP contribution in [0.1, 0.15) is 30.0 Å². The molecular formula is C15H17ClN4O. The molecule has 0 atom stereocenters. The maximum Gasteiger partial charge on any atom is 0.138 e. The zero-order valence-electron chi connectivity index (χ0n) is 11.5. The van der Waals surface area contributed by atoms with E-state index in [0.717, 1.165) is 17.3 Å². The third-order valence-corrected chi connectivity index (χ3v) is 3.51. The summed E-state index contributed by atoms with van der Waals surface area (Å²) in [6.45, 7) is 0.310. The number of ether oxygens (including phenoxy) is 1. The summed E-state index contributed by atoms with van der Waals surface area (Å²) < 4.78 is 7.56. The predicted molar refractivity (Wildman–Crippen MR) is 82.3 cm³/mol. The first-order valence-electron chi connectivity index (χ1n) is 6.80. The van der Waals surface area contributed by atoms with Gasteiger partial charge < -0.3 is 20.6 Å². The Morgan fingerprint density at radius 3 is 2.90 bits per heavy atom. The van der Waals surface area contributed by atoms with Gasteiger partial charge in [0.15, 0.2) is 0 Å². The van der Waals surface area contributed by atoms with E-state index in [2.05, 4.69) is 17.2 Å². The number of aromatic nitrogens is 2. The summed E-state index contributed by atoms with van der Waals surface area (Å²) in [5.74, 6) is 1.14. The number of imidazole rings is 1. The van der Waals surface area contributed by atoms with E-state index in [0.29, 0.717) is 12.4 Å². The van der Waals surface area contributed by atoms with Gasteiger partial charge in [-0.2, -0.15) is 0 Å². The molecule has 110 valence electrons. The second kappa shape index (κ2) is 5.69. The second-order valence-corrected chi connectivity index (χ2v) is 5.56. The van der Waals surface area contributed by atoms with E-state index in [-0.39, 0.29) is 5.16 Å². The Labute approximate surface area is 127 Å². The van der Waals surface area contributed by atoms with Gasteiger partial charge in [-0.25, -0.2) is 4.98 Å². The number of nitrogens with zero attached hydrogens (tertiary/aromatic N) is 2. The van der Waals surface area contributed by atoms with Gasteiger partial charge >= 0.3 is 0 Å². The summed E-state index contributed by atoms with van der Waals surface area (Å²) in [4.78, 5) is 4.50. The number of pyridine rings is 1. The quantitative estimate of drug-likeness (QED) is 0.505. The van der Waals surface area contributed by atoms with Crippen LogP contribution >= 0.6 is 11.6 Å². The maximum atomic E-state index is 5.59. The van der Waals surface area contributed by atoms with Crippen molar-refractivity contribution in [1.82, 2.24) is 9.38 Å². The average Bonchev–Trinajstić information content (AvgIpc) is 3.22. The van der Waals surface area contributed by atoms with Crippen LogP contribution < -0.4 is 11.5 Å². The molecular weight excluding hydrogens is 288 g/mol. The van der Waals surface area contributed by atoms with E-state index in [1.165, 1.54) is 30.7 Å². The fourth-order valence-electron chi connectivity index (χ4n) is 2.22. The first-order chi connectivity index (χ1) is 10.2. The lowest BCUT2D eigenvalue weighted by Gasteiger charge is -2.03. The highest BCUT2D eigenvalue weighted by molar-refractivity contribution is 6.29. The van der Waals surface area contributed by atoms with Crippen LogP contribution in [-0.2, 0) is 11.3 Å². The minimum absolute atomic E-state index is 0.121. The lowest BCUT2D eigenvalue weighted by molar-refractivity contribution is 0.207. The van der Waals surface area contributed by atoms with Crippen LogP contribution in [-0.4, -0.2) is 9.38 Å². The molecule has 0 saturated heterocycles. The Bertz CT molecular complexity index is 712. The molecule has 3 rings (SSSR count). The topological polar surface area (TPSA) is 78.6 Å². The van der Waals surface area contributed by atoms with E-state index in [9.17, 15) is 0 Å². The molecule has 1 fully saturated rings. The molecule has 2 aromatic rings. The zero-order valence-corrected chi connectivity index (χ0v) is 12.3. The van der Waals surface area contributed by atoms with Crippen LogP contribution in [0.2, 0.25) is 0 Å². The molecule has 4 N–H and O–H groups in total. The van der Waals surface area contributed by atoms with Gasteiger partial charge in [0, 0.05) is 24.7 Å². The molecule has 5 nitrogen and oxygen atoms in total.